The van der Waals surface area contributed by atoms with Gasteiger partial charge in [0.15, 0.2) is 11.2 Å². The molecule has 1 aromatic carbocycles. The predicted molar refractivity (Wildman–Crippen MR) is 99.0 cm³/mol. The molecular formula is C18H16N6O3. The molecule has 0 radical (unpaired) electrons. The number of nitrogens with one attached hydrogen (secondary N) is 1. The summed E-state index contributed by atoms with van der Waals surface area (Å²) < 4.78 is 7.40. The van der Waals surface area contributed by atoms with Crippen LogP contribution in [0.25, 0.3) is 27.8 Å². The Morgan fingerprint density at radius 2 is 1.96 bits per heavy atom. The molecule has 9 heteroatoms. The Morgan fingerprint density at radius 1 is 1.19 bits per heavy atom. The molecule has 9 nitrogen and oxygen atoms in total. The van der Waals surface area contributed by atoms with E-state index in [0.29, 0.717) is 11.2 Å². The predicted octanol–water partition coefficient (Wildman–Crippen LogP) is 1.13. The molecule has 4 aromatic rings. The van der Waals surface area contributed by atoms with E-state index >= 15 is 0 Å². The summed E-state index contributed by atoms with van der Waals surface area (Å²) in [5.41, 5.74) is 5.72. The van der Waals surface area contributed by atoms with E-state index in [9.17, 15) is 9.59 Å². The fourth-order valence-corrected chi connectivity index (χ4v) is 2.98. The van der Waals surface area contributed by atoms with Gasteiger partial charge < -0.3 is 4.74 Å². The minimum atomic E-state index is -0.499. The van der Waals surface area contributed by atoms with Crippen LogP contribution in [0.1, 0.15) is 5.69 Å². The van der Waals surface area contributed by atoms with Crippen LogP contribution in [0.5, 0.6) is 0 Å². The number of amides is 1. The summed E-state index contributed by atoms with van der Waals surface area (Å²) >= 11 is 0. The lowest BCUT2D eigenvalue weighted by molar-refractivity contribution is -0.120. The molecule has 0 fully saturated rings. The van der Waals surface area contributed by atoms with E-state index in [0.717, 1.165) is 21.5 Å². The quantitative estimate of drug-likeness (QED) is 0.582. The molecule has 0 aliphatic rings. The van der Waals surface area contributed by atoms with Crippen molar-refractivity contribution in [2.45, 2.75) is 6.92 Å². The molecule has 0 spiro atoms. The monoisotopic (exact) mass is 364 g/mol. The van der Waals surface area contributed by atoms with E-state index in [1.807, 2.05) is 37.3 Å². The number of nitrogens with zero attached hydrogens (tertiary/aromatic N) is 5. The van der Waals surface area contributed by atoms with Gasteiger partial charge in [0.2, 0.25) is 0 Å². The van der Waals surface area contributed by atoms with E-state index in [1.165, 1.54) is 13.3 Å². The van der Waals surface area contributed by atoms with Crippen molar-refractivity contribution in [3.8, 4) is 11.1 Å². The molecule has 0 saturated carbocycles. The van der Waals surface area contributed by atoms with Gasteiger partial charge in [-0.15, -0.1) is 10.2 Å². The molecule has 3 aromatic heterocycles. The summed E-state index contributed by atoms with van der Waals surface area (Å²) in [6, 6.07) is 11.4. The molecule has 0 aliphatic heterocycles. The number of rotatable bonds is 4. The summed E-state index contributed by atoms with van der Waals surface area (Å²) in [7, 11) is 1.40. The number of carbonyl (C=O) groups is 1. The van der Waals surface area contributed by atoms with Crippen LogP contribution < -0.4 is 11.0 Å². The average molecular weight is 364 g/mol. The smallest absolute Gasteiger partial charge is 0.299 e. The van der Waals surface area contributed by atoms with Gasteiger partial charge >= 0.3 is 0 Å². The third-order valence-electron chi connectivity index (χ3n) is 4.14. The topological polar surface area (TPSA) is 103 Å². The van der Waals surface area contributed by atoms with Gasteiger partial charge in [0.05, 0.1) is 11.3 Å². The fourth-order valence-electron chi connectivity index (χ4n) is 2.98. The first-order valence-corrected chi connectivity index (χ1v) is 8.21. The molecule has 136 valence electrons. The van der Waals surface area contributed by atoms with E-state index in [2.05, 4.69) is 20.7 Å². The number of ether oxygens (including phenoxy) is 1. The van der Waals surface area contributed by atoms with Crippen molar-refractivity contribution >= 4 is 22.6 Å². The van der Waals surface area contributed by atoms with Gasteiger partial charge in [-0.1, -0.05) is 30.3 Å². The van der Waals surface area contributed by atoms with Crippen LogP contribution in [0.2, 0.25) is 0 Å². The summed E-state index contributed by atoms with van der Waals surface area (Å²) in [4.78, 5) is 24.3. The van der Waals surface area contributed by atoms with Crippen molar-refractivity contribution in [3.63, 3.8) is 0 Å². The zero-order valence-corrected chi connectivity index (χ0v) is 14.7. The molecule has 0 unspecified atom stereocenters. The SMILES string of the molecule is COCC(=O)Nn1ccc2c(nnc3c(-c4ccccc4)c(C)nn32)c1=O. The van der Waals surface area contributed by atoms with Crippen molar-refractivity contribution < 1.29 is 9.53 Å². The Hall–Kier alpha value is -3.59. The Balaban J connectivity index is 1.89. The van der Waals surface area contributed by atoms with Gasteiger partial charge in [-0.25, -0.2) is 9.19 Å². The number of methoxy groups -OCH3 is 1. The van der Waals surface area contributed by atoms with Crippen LogP contribution in [0.3, 0.4) is 0 Å². The van der Waals surface area contributed by atoms with E-state index in [1.54, 1.807) is 10.6 Å². The Labute approximate surface area is 153 Å². The summed E-state index contributed by atoms with van der Waals surface area (Å²) in [6.45, 7) is 1.73. The van der Waals surface area contributed by atoms with Gasteiger partial charge in [0.1, 0.15) is 12.1 Å². The van der Waals surface area contributed by atoms with Crippen molar-refractivity contribution in [1.29, 1.82) is 0 Å². The number of aryl methyl sites for hydroxylation is 1. The third kappa shape index (κ3) is 2.83. The summed E-state index contributed by atoms with van der Waals surface area (Å²) in [6.07, 6.45) is 1.46. The first-order chi connectivity index (χ1) is 13.1. The minimum Gasteiger partial charge on any atom is -0.375 e. The molecular weight excluding hydrogens is 348 g/mol. The third-order valence-corrected chi connectivity index (χ3v) is 4.14. The largest absolute Gasteiger partial charge is 0.375 e. The zero-order valence-electron chi connectivity index (χ0n) is 14.7. The average Bonchev–Trinajstić information content (AvgIpc) is 3.01. The van der Waals surface area contributed by atoms with Gasteiger partial charge in [-0.05, 0) is 18.6 Å². The highest BCUT2D eigenvalue weighted by Gasteiger charge is 2.17. The number of pyridine rings is 1. The lowest BCUT2D eigenvalue weighted by atomic mass is 10.1. The minimum absolute atomic E-state index is 0.102. The highest BCUT2D eigenvalue weighted by atomic mass is 16.5. The van der Waals surface area contributed by atoms with Crippen LogP contribution in [0.15, 0.2) is 47.4 Å². The molecule has 0 bridgehead atoms. The Morgan fingerprint density at radius 3 is 2.70 bits per heavy atom. The zero-order chi connectivity index (χ0) is 19.0. The van der Waals surface area contributed by atoms with Crippen molar-refractivity contribution in [2.75, 3.05) is 19.1 Å². The van der Waals surface area contributed by atoms with Crippen molar-refractivity contribution in [2.24, 2.45) is 0 Å². The van der Waals surface area contributed by atoms with E-state index < -0.39 is 11.5 Å². The molecule has 1 N–H and O–H groups in total. The second-order valence-electron chi connectivity index (χ2n) is 5.95. The van der Waals surface area contributed by atoms with Crippen LogP contribution in [-0.2, 0) is 9.53 Å². The molecule has 1 amide bonds. The Kier molecular flexibility index (Phi) is 4.13. The molecule has 0 saturated heterocycles. The number of hydrogen-bond donors (Lipinski definition) is 1. The molecule has 0 aliphatic carbocycles. The standard InChI is InChI=1S/C18H16N6O3/c1-11-15(12-6-4-3-5-7-12)17-20-19-16-13(24(17)21-11)8-9-23(18(16)26)22-14(25)10-27-2/h3-9H,10H2,1-2H3,(H,22,25). The first kappa shape index (κ1) is 16.9. The van der Waals surface area contributed by atoms with Gasteiger partial charge in [0.25, 0.3) is 11.5 Å². The van der Waals surface area contributed by atoms with Crippen molar-refractivity contribution in [1.82, 2.24) is 24.5 Å². The highest BCUT2D eigenvalue weighted by Crippen LogP contribution is 2.27. The summed E-state index contributed by atoms with van der Waals surface area (Å²) in [5, 5.41) is 12.9. The number of fused-ring (bicyclic) bond motifs is 3. The normalized spacial score (nSPS) is 11.2. The number of hydrogen-bond acceptors (Lipinski definition) is 6. The molecule has 0 atom stereocenters. The number of aromatic nitrogens is 5. The number of carbonyl (C=O) groups excluding carboxylic acids is 1. The second kappa shape index (κ2) is 6.61. The molecule has 4 rings (SSSR count). The lowest BCUT2D eigenvalue weighted by Gasteiger charge is -2.08. The maximum Gasteiger partial charge on any atom is 0.299 e. The van der Waals surface area contributed by atoms with E-state index in [4.69, 9.17) is 4.74 Å². The van der Waals surface area contributed by atoms with Gasteiger partial charge in [0, 0.05) is 13.3 Å². The van der Waals surface area contributed by atoms with Crippen LogP contribution >= 0.6 is 0 Å². The van der Waals surface area contributed by atoms with Crippen LogP contribution in [0.4, 0.5) is 0 Å². The Bertz CT molecular complexity index is 1210. The first-order valence-electron chi connectivity index (χ1n) is 8.21. The summed E-state index contributed by atoms with van der Waals surface area (Å²) in [5.74, 6) is -0.450. The van der Waals surface area contributed by atoms with Crippen LogP contribution in [-0.4, -0.2) is 44.1 Å². The molecule has 3 heterocycles. The van der Waals surface area contributed by atoms with Gasteiger partial charge in [-0.3, -0.25) is 15.0 Å². The molecule has 27 heavy (non-hydrogen) atoms. The van der Waals surface area contributed by atoms with Crippen molar-refractivity contribution in [3.05, 3.63) is 58.6 Å². The fraction of sp³-hybridized carbons (Fsp3) is 0.167. The second-order valence-corrected chi connectivity index (χ2v) is 5.95. The number of benzene rings is 1. The maximum absolute atomic E-state index is 12.6. The van der Waals surface area contributed by atoms with E-state index in [-0.39, 0.29) is 12.1 Å². The van der Waals surface area contributed by atoms with Crippen LogP contribution in [0, 0.1) is 6.92 Å². The van der Waals surface area contributed by atoms with Gasteiger partial charge in [-0.2, -0.15) is 5.10 Å². The highest BCUT2D eigenvalue weighted by molar-refractivity contribution is 5.86. The lowest BCUT2D eigenvalue weighted by Crippen LogP contribution is -2.35. The maximum atomic E-state index is 12.6.